The number of benzene rings is 2. The number of hydrogen-bond donors (Lipinski definition) is 1. The fourth-order valence-electron chi connectivity index (χ4n) is 2.34. The highest BCUT2D eigenvalue weighted by atomic mass is 35.5. The van der Waals surface area contributed by atoms with Gasteiger partial charge < -0.3 is 10.2 Å². The van der Waals surface area contributed by atoms with Crippen LogP contribution in [0.5, 0.6) is 0 Å². The summed E-state index contributed by atoms with van der Waals surface area (Å²) < 4.78 is 0. The van der Waals surface area contributed by atoms with Gasteiger partial charge in [-0.15, -0.1) is 0 Å². The zero-order valence-electron chi connectivity index (χ0n) is 14.2. The minimum atomic E-state index is -0.329. The average Bonchev–Trinajstić information content (AvgIpc) is 2.58. The molecule has 0 atom stereocenters. The van der Waals surface area contributed by atoms with Crippen molar-refractivity contribution in [2.24, 2.45) is 0 Å². The van der Waals surface area contributed by atoms with Crippen LogP contribution in [0, 0.1) is 0 Å². The molecule has 0 fully saturated rings. The first kappa shape index (κ1) is 19.3. The van der Waals surface area contributed by atoms with Gasteiger partial charge in [0.1, 0.15) is 0 Å². The van der Waals surface area contributed by atoms with E-state index in [1.807, 2.05) is 0 Å². The molecule has 2 amide bonds. The molecule has 0 aromatic heterocycles. The molecule has 0 unspecified atom stereocenters. The molecule has 0 aliphatic heterocycles. The molecule has 2 aromatic carbocycles. The standard InChI is InChI=1S/C19H20Cl2N2O2/c1-3-4-8-23(2)19(25)14-7-5-6-13(9-14)18(24)22-17-11-15(20)10-16(21)12-17/h5-7,9-12H,3-4,8H2,1-2H3,(H,22,24). The Hall–Kier alpha value is -2.04. The maximum atomic E-state index is 12.4. The number of rotatable bonds is 6. The largest absolute Gasteiger partial charge is 0.342 e. The predicted molar refractivity (Wildman–Crippen MR) is 103 cm³/mol. The lowest BCUT2D eigenvalue weighted by molar-refractivity contribution is 0.0793. The Balaban J connectivity index is 2.14. The summed E-state index contributed by atoms with van der Waals surface area (Å²) in [6.45, 7) is 2.76. The third kappa shape index (κ3) is 5.48. The predicted octanol–water partition coefficient (Wildman–Crippen LogP) is 5.12. The topological polar surface area (TPSA) is 49.4 Å². The summed E-state index contributed by atoms with van der Waals surface area (Å²) in [5.74, 6) is -0.432. The zero-order chi connectivity index (χ0) is 18.4. The molecule has 0 saturated carbocycles. The zero-order valence-corrected chi connectivity index (χ0v) is 15.7. The SMILES string of the molecule is CCCCN(C)C(=O)c1cccc(C(=O)Nc2cc(Cl)cc(Cl)c2)c1. The van der Waals surface area contributed by atoms with E-state index in [-0.39, 0.29) is 11.8 Å². The number of carbonyl (C=O) groups is 2. The number of nitrogens with one attached hydrogen (secondary N) is 1. The summed E-state index contributed by atoms with van der Waals surface area (Å²) >= 11 is 11.9. The number of hydrogen-bond acceptors (Lipinski definition) is 2. The van der Waals surface area contributed by atoms with Crippen LogP contribution in [-0.4, -0.2) is 30.3 Å². The van der Waals surface area contributed by atoms with Crippen LogP contribution in [0.1, 0.15) is 40.5 Å². The monoisotopic (exact) mass is 378 g/mol. The molecule has 0 radical (unpaired) electrons. The quantitative estimate of drug-likeness (QED) is 0.758. The van der Waals surface area contributed by atoms with Gasteiger partial charge in [0.05, 0.1) is 0 Å². The first-order valence-corrected chi connectivity index (χ1v) is 8.79. The molecule has 25 heavy (non-hydrogen) atoms. The van der Waals surface area contributed by atoms with Crippen molar-refractivity contribution in [2.45, 2.75) is 19.8 Å². The van der Waals surface area contributed by atoms with Gasteiger partial charge in [0.25, 0.3) is 11.8 Å². The van der Waals surface area contributed by atoms with E-state index in [2.05, 4.69) is 12.2 Å². The molecule has 2 aromatic rings. The van der Waals surface area contributed by atoms with Crippen molar-refractivity contribution in [3.63, 3.8) is 0 Å². The van der Waals surface area contributed by atoms with Crippen LogP contribution >= 0.6 is 23.2 Å². The molecule has 0 saturated heterocycles. The van der Waals surface area contributed by atoms with Crippen LogP contribution in [0.15, 0.2) is 42.5 Å². The number of unbranched alkanes of at least 4 members (excludes halogenated alkanes) is 1. The van der Waals surface area contributed by atoms with E-state index < -0.39 is 0 Å². The fraction of sp³-hybridized carbons (Fsp3) is 0.263. The van der Waals surface area contributed by atoms with E-state index in [1.54, 1.807) is 54.4 Å². The van der Waals surface area contributed by atoms with Gasteiger partial charge >= 0.3 is 0 Å². The summed E-state index contributed by atoms with van der Waals surface area (Å²) in [6.07, 6.45) is 1.96. The number of anilines is 1. The van der Waals surface area contributed by atoms with E-state index in [4.69, 9.17) is 23.2 Å². The van der Waals surface area contributed by atoms with Gasteiger partial charge in [-0.05, 0) is 42.8 Å². The molecular formula is C19H20Cl2N2O2. The maximum Gasteiger partial charge on any atom is 0.255 e. The van der Waals surface area contributed by atoms with E-state index in [0.717, 1.165) is 12.8 Å². The number of nitrogens with zero attached hydrogens (tertiary/aromatic N) is 1. The van der Waals surface area contributed by atoms with Crippen molar-refractivity contribution in [2.75, 3.05) is 18.9 Å². The van der Waals surface area contributed by atoms with E-state index in [9.17, 15) is 9.59 Å². The van der Waals surface area contributed by atoms with Crippen molar-refractivity contribution in [1.82, 2.24) is 4.90 Å². The van der Waals surface area contributed by atoms with E-state index in [0.29, 0.717) is 33.4 Å². The summed E-state index contributed by atoms with van der Waals surface area (Å²) in [4.78, 5) is 26.5. The Morgan fingerprint density at radius 2 is 1.68 bits per heavy atom. The molecule has 132 valence electrons. The minimum absolute atomic E-state index is 0.103. The van der Waals surface area contributed by atoms with Crippen LogP contribution in [0.4, 0.5) is 5.69 Å². The molecule has 1 N–H and O–H groups in total. The van der Waals surface area contributed by atoms with Gasteiger partial charge in [0.2, 0.25) is 0 Å². The number of halogens is 2. The molecule has 4 nitrogen and oxygen atoms in total. The summed E-state index contributed by atoms with van der Waals surface area (Å²) in [6, 6.07) is 11.5. The smallest absolute Gasteiger partial charge is 0.255 e. The van der Waals surface area contributed by atoms with Gasteiger partial charge in [-0.2, -0.15) is 0 Å². The van der Waals surface area contributed by atoms with Crippen molar-refractivity contribution >= 4 is 40.7 Å². The van der Waals surface area contributed by atoms with Crippen molar-refractivity contribution < 1.29 is 9.59 Å². The second kappa shape index (κ2) is 8.88. The van der Waals surface area contributed by atoms with Gasteiger partial charge in [0, 0.05) is 40.5 Å². The first-order chi connectivity index (χ1) is 11.9. The van der Waals surface area contributed by atoms with Crippen LogP contribution in [0.2, 0.25) is 10.0 Å². The molecular weight excluding hydrogens is 359 g/mol. The Morgan fingerprint density at radius 3 is 2.32 bits per heavy atom. The molecule has 0 aliphatic carbocycles. The highest BCUT2D eigenvalue weighted by molar-refractivity contribution is 6.35. The number of amides is 2. The second-order valence-electron chi connectivity index (χ2n) is 5.77. The Labute approximate surface area is 157 Å². The van der Waals surface area contributed by atoms with Gasteiger partial charge in [-0.1, -0.05) is 42.6 Å². The molecule has 2 rings (SSSR count). The fourth-order valence-corrected chi connectivity index (χ4v) is 2.87. The maximum absolute atomic E-state index is 12.4. The summed E-state index contributed by atoms with van der Waals surface area (Å²) in [7, 11) is 1.76. The Bertz CT molecular complexity index is 758. The Morgan fingerprint density at radius 1 is 1.04 bits per heavy atom. The third-order valence-corrected chi connectivity index (χ3v) is 4.12. The third-order valence-electron chi connectivity index (χ3n) is 3.69. The lowest BCUT2D eigenvalue weighted by Crippen LogP contribution is -2.28. The van der Waals surface area contributed by atoms with Crippen LogP contribution in [0.3, 0.4) is 0 Å². The first-order valence-electron chi connectivity index (χ1n) is 8.03. The minimum Gasteiger partial charge on any atom is -0.342 e. The highest BCUT2D eigenvalue weighted by Crippen LogP contribution is 2.23. The van der Waals surface area contributed by atoms with Crippen molar-refractivity contribution in [3.8, 4) is 0 Å². The van der Waals surface area contributed by atoms with Gasteiger partial charge in [-0.3, -0.25) is 9.59 Å². The van der Waals surface area contributed by atoms with Crippen LogP contribution in [-0.2, 0) is 0 Å². The van der Waals surface area contributed by atoms with Crippen molar-refractivity contribution in [3.05, 3.63) is 63.6 Å². The summed E-state index contributed by atoms with van der Waals surface area (Å²) in [5, 5.41) is 3.61. The molecule has 0 aliphatic rings. The molecule has 0 spiro atoms. The summed E-state index contributed by atoms with van der Waals surface area (Å²) in [5.41, 5.74) is 1.38. The lowest BCUT2D eigenvalue weighted by atomic mass is 10.1. The molecule has 0 bridgehead atoms. The lowest BCUT2D eigenvalue weighted by Gasteiger charge is -2.17. The van der Waals surface area contributed by atoms with Gasteiger partial charge in [0.15, 0.2) is 0 Å². The highest BCUT2D eigenvalue weighted by Gasteiger charge is 2.14. The van der Waals surface area contributed by atoms with E-state index in [1.165, 1.54) is 0 Å². The average molecular weight is 379 g/mol. The van der Waals surface area contributed by atoms with Crippen LogP contribution in [0.25, 0.3) is 0 Å². The van der Waals surface area contributed by atoms with E-state index >= 15 is 0 Å². The Kier molecular flexibility index (Phi) is 6.85. The van der Waals surface area contributed by atoms with Gasteiger partial charge in [-0.25, -0.2) is 0 Å². The molecule has 6 heteroatoms. The molecule has 0 heterocycles. The van der Waals surface area contributed by atoms with Crippen molar-refractivity contribution in [1.29, 1.82) is 0 Å². The number of carbonyl (C=O) groups excluding carboxylic acids is 2. The second-order valence-corrected chi connectivity index (χ2v) is 6.65. The van der Waals surface area contributed by atoms with Crippen LogP contribution < -0.4 is 5.32 Å². The normalized spacial score (nSPS) is 10.4.